The van der Waals surface area contributed by atoms with E-state index >= 15 is 0 Å². The molecule has 0 spiro atoms. The van der Waals surface area contributed by atoms with Crippen LogP contribution in [0, 0.1) is 10.1 Å². The van der Waals surface area contributed by atoms with Crippen LogP contribution < -0.4 is 5.32 Å². The molecule has 0 unspecified atom stereocenters. The maximum atomic E-state index is 12.3. The van der Waals surface area contributed by atoms with Gasteiger partial charge in [0.25, 0.3) is 5.69 Å². The van der Waals surface area contributed by atoms with E-state index < -0.39 is 10.8 Å². The van der Waals surface area contributed by atoms with Gasteiger partial charge in [-0.2, -0.15) is 0 Å². The SMILES string of the molecule is O=C(/C=C/c1cccc([N+](=O)[O-])c1)Nc1nc(-c2ccco2)c(-c2ccco2)s1. The Kier molecular flexibility index (Phi) is 5.04. The smallest absolute Gasteiger partial charge is 0.270 e. The number of anilines is 1. The van der Waals surface area contributed by atoms with Crippen molar-refractivity contribution in [1.82, 2.24) is 4.98 Å². The van der Waals surface area contributed by atoms with E-state index in [0.29, 0.717) is 27.9 Å². The van der Waals surface area contributed by atoms with Crippen LogP contribution in [-0.2, 0) is 4.79 Å². The molecule has 144 valence electrons. The molecule has 1 N–H and O–H groups in total. The summed E-state index contributed by atoms with van der Waals surface area (Å²) >= 11 is 1.25. The highest BCUT2D eigenvalue weighted by molar-refractivity contribution is 7.19. The molecule has 0 aliphatic heterocycles. The maximum Gasteiger partial charge on any atom is 0.270 e. The molecule has 4 rings (SSSR count). The summed E-state index contributed by atoms with van der Waals surface area (Å²) in [4.78, 5) is 27.8. The highest BCUT2D eigenvalue weighted by atomic mass is 32.1. The summed E-state index contributed by atoms with van der Waals surface area (Å²) in [6.07, 6.45) is 5.89. The lowest BCUT2D eigenvalue weighted by molar-refractivity contribution is -0.384. The van der Waals surface area contributed by atoms with Crippen LogP contribution in [-0.4, -0.2) is 15.8 Å². The molecule has 0 radical (unpaired) electrons. The van der Waals surface area contributed by atoms with E-state index in [9.17, 15) is 14.9 Å². The van der Waals surface area contributed by atoms with Gasteiger partial charge in [0.15, 0.2) is 10.9 Å². The summed E-state index contributed by atoms with van der Waals surface area (Å²) < 4.78 is 10.9. The van der Waals surface area contributed by atoms with Crippen molar-refractivity contribution in [2.45, 2.75) is 0 Å². The molecule has 1 amide bonds. The van der Waals surface area contributed by atoms with E-state index in [2.05, 4.69) is 10.3 Å². The lowest BCUT2D eigenvalue weighted by Crippen LogP contribution is -2.07. The van der Waals surface area contributed by atoms with Crippen molar-refractivity contribution in [2.75, 3.05) is 5.32 Å². The Balaban J connectivity index is 1.55. The molecule has 4 aromatic rings. The molecular weight excluding hydrogens is 394 g/mol. The van der Waals surface area contributed by atoms with Crippen LogP contribution in [0.4, 0.5) is 10.8 Å². The molecule has 3 heterocycles. The number of nitro benzene ring substituents is 1. The van der Waals surface area contributed by atoms with Crippen LogP contribution in [0.5, 0.6) is 0 Å². The first-order valence-corrected chi connectivity index (χ1v) is 9.24. The zero-order chi connectivity index (χ0) is 20.2. The Hall–Kier alpha value is -3.98. The predicted molar refractivity (Wildman–Crippen MR) is 108 cm³/mol. The van der Waals surface area contributed by atoms with E-state index in [0.717, 1.165) is 4.88 Å². The summed E-state index contributed by atoms with van der Waals surface area (Å²) in [5, 5.41) is 13.9. The molecule has 9 heteroatoms. The monoisotopic (exact) mass is 407 g/mol. The van der Waals surface area contributed by atoms with Crippen molar-refractivity contribution in [3.8, 4) is 22.1 Å². The topological polar surface area (TPSA) is 111 Å². The number of carbonyl (C=O) groups excluding carboxylic acids is 1. The number of thiazole rings is 1. The quantitative estimate of drug-likeness (QED) is 0.266. The Labute approximate surface area is 168 Å². The number of furan rings is 2. The second kappa shape index (κ2) is 7.95. The number of nitrogens with one attached hydrogen (secondary N) is 1. The van der Waals surface area contributed by atoms with Gasteiger partial charge in [-0.05, 0) is 35.9 Å². The van der Waals surface area contributed by atoms with E-state index in [4.69, 9.17) is 8.83 Å². The van der Waals surface area contributed by atoms with Crippen molar-refractivity contribution < 1.29 is 18.6 Å². The second-order valence-electron chi connectivity index (χ2n) is 5.83. The third kappa shape index (κ3) is 4.14. The minimum atomic E-state index is -0.487. The number of hydrogen-bond donors (Lipinski definition) is 1. The summed E-state index contributed by atoms with van der Waals surface area (Å²) in [6.45, 7) is 0. The fourth-order valence-corrected chi connectivity index (χ4v) is 3.53. The van der Waals surface area contributed by atoms with E-state index in [1.165, 1.54) is 35.6 Å². The highest BCUT2D eigenvalue weighted by Crippen LogP contribution is 2.39. The average Bonchev–Trinajstić information content (AvgIpc) is 3.47. The third-order valence-corrected chi connectivity index (χ3v) is 4.85. The third-order valence-electron chi connectivity index (χ3n) is 3.87. The lowest BCUT2D eigenvalue weighted by atomic mass is 10.2. The summed E-state index contributed by atoms with van der Waals surface area (Å²) in [6, 6.07) is 13.1. The maximum absolute atomic E-state index is 12.3. The van der Waals surface area contributed by atoms with Crippen LogP contribution in [0.1, 0.15) is 5.56 Å². The van der Waals surface area contributed by atoms with Gasteiger partial charge in [0.2, 0.25) is 5.91 Å². The predicted octanol–water partition coefficient (Wildman–Crippen LogP) is 5.22. The fraction of sp³-hybridized carbons (Fsp3) is 0. The molecular formula is C20H13N3O5S. The van der Waals surface area contributed by atoms with Gasteiger partial charge < -0.3 is 8.83 Å². The Morgan fingerprint density at radius 1 is 1.10 bits per heavy atom. The van der Waals surface area contributed by atoms with Crippen molar-refractivity contribution >= 4 is 34.1 Å². The van der Waals surface area contributed by atoms with E-state index in [1.807, 2.05) is 0 Å². The van der Waals surface area contributed by atoms with Crippen LogP contribution in [0.15, 0.2) is 76.0 Å². The molecule has 0 bridgehead atoms. The Morgan fingerprint density at radius 3 is 2.55 bits per heavy atom. The molecule has 3 aromatic heterocycles. The minimum Gasteiger partial charge on any atom is -0.463 e. The normalized spacial score (nSPS) is 11.0. The number of nitrogens with zero attached hydrogens (tertiary/aromatic N) is 2. The summed E-state index contributed by atoms with van der Waals surface area (Å²) in [5.41, 5.74) is 1.06. The van der Waals surface area contributed by atoms with E-state index in [1.54, 1.807) is 48.9 Å². The van der Waals surface area contributed by atoms with Crippen molar-refractivity contribution in [3.05, 3.63) is 82.8 Å². The van der Waals surface area contributed by atoms with Crippen molar-refractivity contribution in [1.29, 1.82) is 0 Å². The Bertz CT molecular complexity index is 1130. The second-order valence-corrected chi connectivity index (χ2v) is 6.83. The number of carbonyl (C=O) groups is 1. The lowest BCUT2D eigenvalue weighted by Gasteiger charge is -1.96. The number of amides is 1. The molecule has 1 aromatic carbocycles. The number of non-ortho nitro benzene ring substituents is 1. The molecule has 0 saturated carbocycles. The van der Waals surface area contributed by atoms with Gasteiger partial charge in [-0.1, -0.05) is 23.5 Å². The van der Waals surface area contributed by atoms with Crippen LogP contribution >= 0.6 is 11.3 Å². The Morgan fingerprint density at radius 2 is 1.86 bits per heavy atom. The first kappa shape index (κ1) is 18.4. The molecule has 0 fully saturated rings. The first-order chi connectivity index (χ1) is 14.1. The standard InChI is InChI=1S/C20H13N3O5S/c24-17(9-8-13-4-1-5-14(12-13)23(25)26)21-20-22-18(15-6-2-10-27-15)19(29-20)16-7-3-11-28-16/h1-12H,(H,21,22,24)/b9-8+. The van der Waals surface area contributed by atoms with Gasteiger partial charge in [-0.25, -0.2) is 4.98 Å². The summed E-state index contributed by atoms with van der Waals surface area (Å²) in [7, 11) is 0. The van der Waals surface area contributed by atoms with Crippen molar-refractivity contribution in [2.24, 2.45) is 0 Å². The molecule has 0 atom stereocenters. The zero-order valence-corrected chi connectivity index (χ0v) is 15.6. The van der Waals surface area contributed by atoms with Crippen LogP contribution in [0.2, 0.25) is 0 Å². The molecule has 0 aliphatic rings. The van der Waals surface area contributed by atoms with Gasteiger partial charge in [-0.15, -0.1) is 0 Å². The van der Waals surface area contributed by atoms with Gasteiger partial charge in [0.05, 0.1) is 17.4 Å². The summed E-state index contributed by atoms with van der Waals surface area (Å²) in [5.74, 6) is 0.754. The molecule has 8 nitrogen and oxygen atoms in total. The number of nitro groups is 1. The van der Waals surface area contributed by atoms with Gasteiger partial charge in [-0.3, -0.25) is 20.2 Å². The molecule has 0 saturated heterocycles. The molecule has 29 heavy (non-hydrogen) atoms. The van der Waals surface area contributed by atoms with Crippen LogP contribution in [0.3, 0.4) is 0 Å². The molecule has 0 aliphatic carbocycles. The highest BCUT2D eigenvalue weighted by Gasteiger charge is 2.19. The number of hydrogen-bond acceptors (Lipinski definition) is 7. The van der Waals surface area contributed by atoms with E-state index in [-0.39, 0.29) is 5.69 Å². The van der Waals surface area contributed by atoms with Gasteiger partial charge in [0.1, 0.15) is 16.3 Å². The van der Waals surface area contributed by atoms with Gasteiger partial charge in [0, 0.05) is 18.2 Å². The van der Waals surface area contributed by atoms with Crippen LogP contribution in [0.25, 0.3) is 28.2 Å². The largest absolute Gasteiger partial charge is 0.463 e. The first-order valence-electron chi connectivity index (χ1n) is 8.42. The zero-order valence-electron chi connectivity index (χ0n) is 14.8. The van der Waals surface area contributed by atoms with Gasteiger partial charge >= 0.3 is 0 Å². The van der Waals surface area contributed by atoms with Crippen molar-refractivity contribution in [3.63, 3.8) is 0 Å². The average molecular weight is 407 g/mol. The fourth-order valence-electron chi connectivity index (χ4n) is 2.59. The minimum absolute atomic E-state index is 0.0429. The number of aromatic nitrogens is 1. The number of rotatable bonds is 6. The number of benzene rings is 1.